The summed E-state index contributed by atoms with van der Waals surface area (Å²) < 4.78 is 0. The third-order valence-electron chi connectivity index (χ3n) is 5.37. The molecule has 0 radical (unpaired) electrons. The van der Waals surface area contributed by atoms with Crippen LogP contribution in [0.1, 0.15) is 44.2 Å². The van der Waals surface area contributed by atoms with Gasteiger partial charge in [-0.3, -0.25) is 0 Å². The third kappa shape index (κ3) is 2.25. The zero-order valence-corrected chi connectivity index (χ0v) is 12.2. The minimum Gasteiger partial charge on any atom is -0.310 e. The van der Waals surface area contributed by atoms with Gasteiger partial charge in [0.15, 0.2) is 0 Å². The molecule has 1 heteroatoms. The van der Waals surface area contributed by atoms with Crippen molar-refractivity contribution >= 4 is 10.8 Å². The molecular weight excluding hydrogens is 242 g/mol. The number of fused-ring (bicyclic) bond motifs is 1. The Morgan fingerprint density at radius 2 is 1.85 bits per heavy atom. The van der Waals surface area contributed by atoms with E-state index in [2.05, 4.69) is 54.7 Å². The van der Waals surface area contributed by atoms with Crippen LogP contribution in [0.15, 0.2) is 42.5 Å². The van der Waals surface area contributed by atoms with Gasteiger partial charge in [-0.25, -0.2) is 0 Å². The number of rotatable bonds is 5. The van der Waals surface area contributed by atoms with E-state index in [9.17, 15) is 0 Å². The van der Waals surface area contributed by atoms with E-state index >= 15 is 0 Å². The van der Waals surface area contributed by atoms with E-state index in [0.29, 0.717) is 11.5 Å². The van der Waals surface area contributed by atoms with E-state index in [1.807, 2.05) is 0 Å². The maximum absolute atomic E-state index is 3.79. The van der Waals surface area contributed by atoms with Crippen LogP contribution in [0.5, 0.6) is 0 Å². The first-order chi connectivity index (χ1) is 9.77. The van der Waals surface area contributed by atoms with E-state index in [1.54, 1.807) is 0 Å². The molecule has 1 atom stereocenters. The Hall–Kier alpha value is -1.34. The predicted octanol–water partition coefficient (Wildman–Crippen LogP) is 4.68. The fourth-order valence-electron chi connectivity index (χ4n) is 3.54. The molecule has 20 heavy (non-hydrogen) atoms. The molecule has 104 valence electrons. The van der Waals surface area contributed by atoms with Gasteiger partial charge in [0.25, 0.3) is 0 Å². The lowest BCUT2D eigenvalue weighted by molar-refractivity contribution is 0.382. The maximum Gasteiger partial charge on any atom is 0.0292 e. The smallest absolute Gasteiger partial charge is 0.0292 e. The Balaban J connectivity index is 1.47. The molecule has 2 aliphatic carbocycles. The summed E-state index contributed by atoms with van der Waals surface area (Å²) in [7, 11) is 0. The van der Waals surface area contributed by atoms with Gasteiger partial charge in [-0.1, -0.05) is 36.4 Å². The number of nitrogens with one attached hydrogen (secondary N) is 1. The van der Waals surface area contributed by atoms with Crippen molar-refractivity contribution in [1.82, 2.24) is 5.32 Å². The largest absolute Gasteiger partial charge is 0.310 e. The zero-order valence-electron chi connectivity index (χ0n) is 12.2. The Kier molecular flexibility index (Phi) is 2.85. The molecule has 0 aliphatic heterocycles. The molecule has 0 bridgehead atoms. The van der Waals surface area contributed by atoms with Gasteiger partial charge in [-0.15, -0.1) is 0 Å². The second-order valence-electron chi connectivity index (χ2n) is 6.85. The normalized spacial score (nSPS) is 21.9. The fraction of sp³-hybridized carbons (Fsp3) is 0.474. The average Bonchev–Trinajstić information content (AvgIpc) is 3.37. The highest BCUT2D eigenvalue weighted by Crippen LogP contribution is 2.60. The lowest BCUT2D eigenvalue weighted by Crippen LogP contribution is -2.27. The van der Waals surface area contributed by atoms with Crippen molar-refractivity contribution in [3.8, 4) is 0 Å². The first-order valence-electron chi connectivity index (χ1n) is 7.99. The molecule has 0 aromatic heterocycles. The average molecular weight is 265 g/mol. The van der Waals surface area contributed by atoms with Gasteiger partial charge >= 0.3 is 0 Å². The maximum atomic E-state index is 3.79. The molecule has 0 amide bonds. The third-order valence-corrected chi connectivity index (χ3v) is 5.37. The lowest BCUT2D eigenvalue weighted by atomic mass is 9.98. The van der Waals surface area contributed by atoms with Gasteiger partial charge in [0, 0.05) is 12.6 Å². The quantitative estimate of drug-likeness (QED) is 0.827. The molecule has 1 nitrogen and oxygen atoms in total. The molecule has 2 aliphatic rings. The van der Waals surface area contributed by atoms with Crippen LogP contribution in [0.25, 0.3) is 10.8 Å². The van der Waals surface area contributed by atoms with Crippen molar-refractivity contribution in [2.24, 2.45) is 11.3 Å². The summed E-state index contributed by atoms with van der Waals surface area (Å²) in [5, 5.41) is 6.47. The summed E-state index contributed by atoms with van der Waals surface area (Å²) in [4.78, 5) is 0. The SMILES string of the molecule is CC(NCC1(C2CC2)CC1)c1ccc2ccccc2c1. The van der Waals surface area contributed by atoms with Crippen LogP contribution in [-0.2, 0) is 0 Å². The van der Waals surface area contributed by atoms with Crippen molar-refractivity contribution in [3.63, 3.8) is 0 Å². The monoisotopic (exact) mass is 265 g/mol. The van der Waals surface area contributed by atoms with Gasteiger partial charge in [0.1, 0.15) is 0 Å². The minimum absolute atomic E-state index is 0.454. The van der Waals surface area contributed by atoms with E-state index in [0.717, 1.165) is 5.92 Å². The number of benzene rings is 2. The Morgan fingerprint density at radius 1 is 1.10 bits per heavy atom. The first kappa shape index (κ1) is 12.4. The number of hydrogen-bond acceptors (Lipinski definition) is 1. The molecule has 2 aromatic rings. The second kappa shape index (κ2) is 4.60. The highest BCUT2D eigenvalue weighted by atomic mass is 14.9. The molecule has 0 heterocycles. The van der Waals surface area contributed by atoms with Gasteiger partial charge in [0.05, 0.1) is 0 Å². The summed E-state index contributed by atoms with van der Waals surface area (Å²) in [5.74, 6) is 1.04. The molecule has 0 saturated heterocycles. The first-order valence-corrected chi connectivity index (χ1v) is 7.99. The minimum atomic E-state index is 0.454. The highest BCUT2D eigenvalue weighted by molar-refractivity contribution is 5.83. The van der Waals surface area contributed by atoms with Gasteiger partial charge in [0.2, 0.25) is 0 Å². The molecule has 4 rings (SSSR count). The van der Waals surface area contributed by atoms with Crippen molar-refractivity contribution in [1.29, 1.82) is 0 Å². The van der Waals surface area contributed by atoms with Crippen molar-refractivity contribution in [2.75, 3.05) is 6.54 Å². The summed E-state index contributed by atoms with van der Waals surface area (Å²) in [6.45, 7) is 3.51. The topological polar surface area (TPSA) is 12.0 Å². The predicted molar refractivity (Wildman–Crippen MR) is 84.8 cm³/mol. The fourth-order valence-corrected chi connectivity index (χ4v) is 3.54. The van der Waals surface area contributed by atoms with E-state index in [1.165, 1.54) is 48.6 Å². The molecule has 2 saturated carbocycles. The van der Waals surface area contributed by atoms with E-state index in [-0.39, 0.29) is 0 Å². The van der Waals surface area contributed by atoms with Crippen LogP contribution < -0.4 is 5.32 Å². The highest BCUT2D eigenvalue weighted by Gasteiger charge is 2.53. The zero-order chi connectivity index (χ0) is 13.6. The molecule has 1 unspecified atom stereocenters. The van der Waals surface area contributed by atoms with Gasteiger partial charge in [-0.2, -0.15) is 0 Å². The lowest BCUT2D eigenvalue weighted by Gasteiger charge is -2.20. The Morgan fingerprint density at radius 3 is 2.55 bits per heavy atom. The van der Waals surface area contributed by atoms with Gasteiger partial charge < -0.3 is 5.32 Å². The summed E-state index contributed by atoms with van der Waals surface area (Å²) >= 11 is 0. The molecule has 0 spiro atoms. The van der Waals surface area contributed by atoms with Gasteiger partial charge in [-0.05, 0) is 66.3 Å². The molecule has 2 aromatic carbocycles. The van der Waals surface area contributed by atoms with E-state index < -0.39 is 0 Å². The summed E-state index contributed by atoms with van der Waals surface area (Å²) in [6.07, 6.45) is 5.86. The van der Waals surface area contributed by atoms with Crippen molar-refractivity contribution in [3.05, 3.63) is 48.0 Å². The molecular formula is C19H23N. The van der Waals surface area contributed by atoms with Crippen LogP contribution in [-0.4, -0.2) is 6.54 Å². The van der Waals surface area contributed by atoms with Crippen LogP contribution in [0.4, 0.5) is 0 Å². The number of hydrogen-bond donors (Lipinski definition) is 1. The molecule has 1 N–H and O–H groups in total. The molecule has 2 fully saturated rings. The summed E-state index contributed by atoms with van der Waals surface area (Å²) in [6, 6.07) is 15.9. The van der Waals surface area contributed by atoms with E-state index in [4.69, 9.17) is 0 Å². The summed E-state index contributed by atoms with van der Waals surface area (Å²) in [5.41, 5.74) is 2.10. The van der Waals surface area contributed by atoms with Crippen LogP contribution in [0.2, 0.25) is 0 Å². The Labute approximate surface area is 121 Å². The van der Waals surface area contributed by atoms with Crippen LogP contribution in [0.3, 0.4) is 0 Å². The second-order valence-corrected chi connectivity index (χ2v) is 6.85. The van der Waals surface area contributed by atoms with Crippen LogP contribution in [0, 0.1) is 11.3 Å². The standard InChI is InChI=1S/C19H23N/c1-14(20-13-19(10-11-19)18-8-9-18)16-7-6-15-4-2-3-5-17(15)12-16/h2-7,12,14,18,20H,8-11,13H2,1H3. The van der Waals surface area contributed by atoms with Crippen molar-refractivity contribution < 1.29 is 0 Å². The van der Waals surface area contributed by atoms with Crippen LogP contribution >= 0.6 is 0 Å². The Bertz CT molecular complexity index is 622. The van der Waals surface area contributed by atoms with Crippen molar-refractivity contribution in [2.45, 2.75) is 38.6 Å².